The summed E-state index contributed by atoms with van der Waals surface area (Å²) in [5.41, 5.74) is 2.09. The number of hydrogen-bond donors (Lipinski definition) is 3. The van der Waals surface area contributed by atoms with Gasteiger partial charge in [0, 0.05) is 22.0 Å². The van der Waals surface area contributed by atoms with Gasteiger partial charge in [0.2, 0.25) is 0 Å². The number of nitrogens with one attached hydrogen (secondary N) is 1. The fraction of sp³-hybridized carbons (Fsp3) is 0.250. The number of aliphatic carboxylic acids is 2. The van der Waals surface area contributed by atoms with Gasteiger partial charge in [-0.15, -0.1) is 11.3 Å². The predicted molar refractivity (Wildman–Crippen MR) is 121 cm³/mol. The molecule has 0 spiro atoms. The number of hydrogen-bond acceptors (Lipinski definition) is 4. The number of carboxylic acid groups (broad SMARTS) is 2. The molecule has 0 aliphatic heterocycles. The molecule has 5 nitrogen and oxygen atoms in total. The topological polar surface area (TPSA) is 86.6 Å². The molecule has 0 unspecified atom stereocenters. The van der Waals surface area contributed by atoms with Crippen LogP contribution in [0.2, 0.25) is 0 Å². The lowest BCUT2D eigenvalue weighted by Gasteiger charge is -2.07. The quantitative estimate of drug-likeness (QED) is 0.302. The van der Waals surface area contributed by atoms with Crippen molar-refractivity contribution in [1.82, 2.24) is 0 Å². The Morgan fingerprint density at radius 1 is 0.889 bits per heavy atom. The van der Waals surface area contributed by atoms with Crippen LogP contribution in [0, 0.1) is 5.92 Å². The Bertz CT molecular complexity index is 1200. The first kappa shape index (κ1) is 27.1. The first-order valence-electron chi connectivity index (χ1n) is 10.4. The van der Waals surface area contributed by atoms with Crippen molar-refractivity contribution in [2.45, 2.75) is 31.2 Å². The van der Waals surface area contributed by atoms with Gasteiger partial charge >= 0.3 is 24.3 Å². The highest BCUT2D eigenvalue weighted by Gasteiger charge is 2.44. The summed E-state index contributed by atoms with van der Waals surface area (Å²) in [6, 6.07) is 16.9. The molecule has 36 heavy (non-hydrogen) atoms. The van der Waals surface area contributed by atoms with Crippen LogP contribution in [0.15, 0.2) is 60.7 Å². The molecule has 192 valence electrons. The monoisotopic (exact) mass is 531 g/mol. The zero-order valence-electron chi connectivity index (χ0n) is 18.2. The van der Waals surface area contributed by atoms with E-state index in [1.54, 1.807) is 0 Å². The van der Waals surface area contributed by atoms with Crippen LogP contribution in [0.5, 0.6) is 0 Å². The molecule has 3 aromatic rings. The van der Waals surface area contributed by atoms with E-state index in [1.807, 2.05) is 36.4 Å². The maximum Gasteiger partial charge on any atom is 0.490 e. The van der Waals surface area contributed by atoms with Crippen molar-refractivity contribution in [2.24, 2.45) is 5.92 Å². The summed E-state index contributed by atoms with van der Waals surface area (Å²) in [5, 5.41) is 19.5. The maximum atomic E-state index is 12.7. The van der Waals surface area contributed by atoms with E-state index in [9.17, 15) is 31.1 Å². The third kappa shape index (κ3) is 7.23. The van der Waals surface area contributed by atoms with Gasteiger partial charge in [0.1, 0.15) is 0 Å². The van der Waals surface area contributed by atoms with Crippen molar-refractivity contribution in [3.05, 3.63) is 76.7 Å². The SMILES string of the molecule is O=C(O)C(F)(F)F.O=C(O)[C@@H]1C[C@H]1c1ccc(NCc2ccc(-c3ccc(C(F)(F)F)cc3)s2)cc1. The number of carbonyl (C=O) groups is 2. The molecule has 1 fully saturated rings. The molecular weight excluding hydrogens is 512 g/mol. The lowest BCUT2D eigenvalue weighted by Crippen LogP contribution is -2.21. The van der Waals surface area contributed by atoms with Gasteiger partial charge in [0.05, 0.1) is 11.5 Å². The third-order valence-corrected chi connectivity index (χ3v) is 6.45. The van der Waals surface area contributed by atoms with Gasteiger partial charge in [0.15, 0.2) is 0 Å². The Morgan fingerprint density at radius 2 is 1.47 bits per heavy atom. The molecule has 1 heterocycles. The predicted octanol–water partition coefficient (Wildman–Crippen LogP) is 6.87. The van der Waals surface area contributed by atoms with E-state index in [0.29, 0.717) is 13.0 Å². The van der Waals surface area contributed by atoms with Crippen molar-refractivity contribution in [2.75, 3.05) is 5.32 Å². The minimum atomic E-state index is -5.08. The molecule has 3 N–H and O–H groups in total. The van der Waals surface area contributed by atoms with Gasteiger partial charge < -0.3 is 15.5 Å². The van der Waals surface area contributed by atoms with Crippen molar-refractivity contribution >= 4 is 29.0 Å². The number of thiophene rings is 1. The van der Waals surface area contributed by atoms with Gasteiger partial charge in [-0.25, -0.2) is 4.79 Å². The van der Waals surface area contributed by atoms with Crippen LogP contribution in [0.25, 0.3) is 10.4 Å². The van der Waals surface area contributed by atoms with Crippen molar-refractivity contribution in [1.29, 1.82) is 0 Å². The Morgan fingerprint density at radius 3 is 1.94 bits per heavy atom. The van der Waals surface area contributed by atoms with E-state index in [1.165, 1.54) is 23.5 Å². The summed E-state index contributed by atoms with van der Waals surface area (Å²) < 4.78 is 69.8. The number of anilines is 1. The van der Waals surface area contributed by atoms with Crippen LogP contribution < -0.4 is 5.32 Å². The molecule has 0 bridgehead atoms. The van der Waals surface area contributed by atoms with E-state index in [4.69, 9.17) is 15.0 Å². The molecule has 12 heteroatoms. The second-order valence-electron chi connectivity index (χ2n) is 7.91. The lowest BCUT2D eigenvalue weighted by molar-refractivity contribution is -0.192. The molecular formula is C24H19F6NO4S. The highest BCUT2D eigenvalue weighted by molar-refractivity contribution is 7.15. The molecule has 0 radical (unpaired) electrons. The number of carboxylic acids is 2. The molecule has 2 aromatic carbocycles. The van der Waals surface area contributed by atoms with Crippen LogP contribution in [0.3, 0.4) is 0 Å². The standard InChI is InChI=1S/C22H18F3NO2S.C2HF3O2/c23-22(24,25)15-5-1-14(2-6-15)20-10-9-17(29-20)12-26-16-7-3-13(4-8-16)18-11-19(18)21(27)28;3-2(4,5)1(6)7/h1-10,18-19,26H,11-12H2,(H,27,28);(H,6,7)/t18-,19+;/m0./s1. The highest BCUT2D eigenvalue weighted by atomic mass is 32.1. The maximum absolute atomic E-state index is 12.7. The smallest absolute Gasteiger partial charge is 0.481 e. The minimum absolute atomic E-state index is 0.116. The van der Waals surface area contributed by atoms with E-state index in [-0.39, 0.29) is 11.8 Å². The van der Waals surface area contributed by atoms with Crippen LogP contribution >= 0.6 is 11.3 Å². The van der Waals surface area contributed by atoms with Crippen molar-refractivity contribution in [3.63, 3.8) is 0 Å². The second kappa shape index (κ2) is 10.6. The summed E-state index contributed by atoms with van der Waals surface area (Å²) >= 11 is 1.53. The average Bonchev–Trinajstić information content (AvgIpc) is 3.48. The van der Waals surface area contributed by atoms with Crippen LogP contribution in [0.1, 0.15) is 28.3 Å². The normalized spacial score (nSPS) is 17.1. The molecule has 4 rings (SSSR count). The molecule has 2 atom stereocenters. The first-order valence-corrected chi connectivity index (χ1v) is 11.2. The van der Waals surface area contributed by atoms with E-state index in [0.717, 1.165) is 38.7 Å². The molecule has 1 aromatic heterocycles. The Hall–Kier alpha value is -3.54. The van der Waals surface area contributed by atoms with Crippen molar-refractivity contribution < 1.29 is 46.1 Å². The third-order valence-electron chi connectivity index (χ3n) is 5.31. The van der Waals surface area contributed by atoms with E-state index in [2.05, 4.69) is 5.32 Å². The van der Waals surface area contributed by atoms with Crippen LogP contribution in [-0.2, 0) is 22.3 Å². The van der Waals surface area contributed by atoms with Gasteiger partial charge in [-0.3, -0.25) is 4.79 Å². The largest absolute Gasteiger partial charge is 0.490 e. The Balaban J connectivity index is 0.000000454. The van der Waals surface area contributed by atoms with Gasteiger partial charge in [0.25, 0.3) is 0 Å². The van der Waals surface area contributed by atoms with Gasteiger partial charge in [-0.1, -0.05) is 24.3 Å². The fourth-order valence-electron chi connectivity index (χ4n) is 3.33. The highest BCUT2D eigenvalue weighted by Crippen LogP contribution is 2.47. The Kier molecular flexibility index (Phi) is 7.97. The lowest BCUT2D eigenvalue weighted by atomic mass is 10.1. The first-order chi connectivity index (χ1) is 16.8. The number of halogens is 6. The minimum Gasteiger partial charge on any atom is -0.481 e. The van der Waals surface area contributed by atoms with Crippen LogP contribution in [0.4, 0.5) is 32.0 Å². The van der Waals surface area contributed by atoms with E-state index < -0.39 is 29.9 Å². The summed E-state index contributed by atoms with van der Waals surface area (Å²) in [6.45, 7) is 0.603. The summed E-state index contributed by atoms with van der Waals surface area (Å²) in [6.07, 6.45) is -8.71. The van der Waals surface area contributed by atoms with Crippen LogP contribution in [-0.4, -0.2) is 28.3 Å². The molecule has 0 amide bonds. The zero-order valence-corrected chi connectivity index (χ0v) is 19.0. The van der Waals surface area contributed by atoms with Crippen molar-refractivity contribution in [3.8, 4) is 10.4 Å². The number of benzene rings is 2. The number of alkyl halides is 6. The molecule has 1 aliphatic rings. The molecule has 1 saturated carbocycles. The Labute approximate surface area is 205 Å². The summed E-state index contributed by atoms with van der Waals surface area (Å²) in [5.74, 6) is -3.64. The molecule has 1 aliphatic carbocycles. The molecule has 0 saturated heterocycles. The van der Waals surface area contributed by atoms with E-state index >= 15 is 0 Å². The van der Waals surface area contributed by atoms with Gasteiger partial charge in [-0.05, 0) is 59.9 Å². The number of rotatable bonds is 6. The zero-order chi connectivity index (χ0) is 26.7. The summed E-state index contributed by atoms with van der Waals surface area (Å²) in [4.78, 5) is 21.9. The second-order valence-corrected chi connectivity index (χ2v) is 9.07. The van der Waals surface area contributed by atoms with Gasteiger partial charge in [-0.2, -0.15) is 26.3 Å². The average molecular weight is 531 g/mol. The summed E-state index contributed by atoms with van der Waals surface area (Å²) in [7, 11) is 0. The fourth-order valence-corrected chi connectivity index (χ4v) is 4.28.